The van der Waals surface area contributed by atoms with Gasteiger partial charge in [0.25, 0.3) is 6.02 Å². The van der Waals surface area contributed by atoms with Gasteiger partial charge in [0.15, 0.2) is 5.54 Å². The number of aliphatic imine (C=N–C) groups is 1. The maximum Gasteiger partial charge on any atom is 0.319 e. The van der Waals surface area contributed by atoms with E-state index >= 15 is 8.78 Å². The van der Waals surface area contributed by atoms with Crippen molar-refractivity contribution in [1.82, 2.24) is 4.98 Å². The van der Waals surface area contributed by atoms with Gasteiger partial charge in [0.05, 0.1) is 25.6 Å². The van der Waals surface area contributed by atoms with Crippen molar-refractivity contribution in [3.63, 3.8) is 0 Å². The SMILES string of the molecule is COc1ccc(C2OC(N)=N[C@@]3(CCOc4ccccc43)C2(F)F)nc1. The third-order valence-electron chi connectivity index (χ3n) is 4.74. The number of pyridine rings is 1. The Labute approximate surface area is 148 Å². The summed E-state index contributed by atoms with van der Waals surface area (Å²) in [6.45, 7) is 0.103. The Balaban J connectivity index is 1.85. The lowest BCUT2D eigenvalue weighted by Gasteiger charge is -2.46. The molecule has 8 heteroatoms. The van der Waals surface area contributed by atoms with E-state index in [1.165, 1.54) is 19.4 Å². The number of aromatic nitrogens is 1. The second kappa shape index (κ2) is 5.82. The van der Waals surface area contributed by atoms with Gasteiger partial charge in [-0.1, -0.05) is 18.2 Å². The number of para-hydroxylation sites is 1. The number of benzene rings is 1. The molecule has 0 saturated heterocycles. The quantitative estimate of drug-likeness (QED) is 0.890. The predicted octanol–water partition coefficient (Wildman–Crippen LogP) is 2.79. The summed E-state index contributed by atoms with van der Waals surface area (Å²) in [4.78, 5) is 8.13. The monoisotopic (exact) mass is 361 g/mol. The average Bonchev–Trinajstić information content (AvgIpc) is 2.65. The second-order valence-electron chi connectivity index (χ2n) is 6.15. The van der Waals surface area contributed by atoms with E-state index < -0.39 is 17.6 Å². The van der Waals surface area contributed by atoms with Crippen LogP contribution in [0.4, 0.5) is 8.78 Å². The Bertz CT molecular complexity index is 857. The Kier molecular flexibility index (Phi) is 3.71. The summed E-state index contributed by atoms with van der Waals surface area (Å²) in [5.74, 6) is -2.56. The van der Waals surface area contributed by atoms with Gasteiger partial charge in [-0.15, -0.1) is 0 Å². The van der Waals surface area contributed by atoms with E-state index in [2.05, 4.69) is 9.98 Å². The Hall–Kier alpha value is -2.90. The minimum absolute atomic E-state index is 0.0201. The van der Waals surface area contributed by atoms with Crippen molar-refractivity contribution in [3.05, 3.63) is 53.9 Å². The number of hydrogen-bond donors (Lipinski definition) is 1. The molecule has 1 spiro atoms. The van der Waals surface area contributed by atoms with Crippen LogP contribution in [0.3, 0.4) is 0 Å². The second-order valence-corrected chi connectivity index (χ2v) is 6.15. The third-order valence-corrected chi connectivity index (χ3v) is 4.74. The maximum absolute atomic E-state index is 15.7. The van der Waals surface area contributed by atoms with Crippen molar-refractivity contribution >= 4 is 6.02 Å². The fourth-order valence-corrected chi connectivity index (χ4v) is 3.45. The van der Waals surface area contributed by atoms with Crippen LogP contribution in [0.1, 0.15) is 23.8 Å². The molecule has 3 heterocycles. The van der Waals surface area contributed by atoms with Crippen LogP contribution in [0.2, 0.25) is 0 Å². The molecular weight excluding hydrogens is 344 g/mol. The third kappa shape index (κ3) is 2.28. The molecule has 0 bridgehead atoms. The van der Waals surface area contributed by atoms with E-state index in [0.717, 1.165) is 0 Å². The van der Waals surface area contributed by atoms with Crippen molar-refractivity contribution in [3.8, 4) is 11.5 Å². The van der Waals surface area contributed by atoms with E-state index in [-0.39, 0.29) is 24.7 Å². The Morgan fingerprint density at radius 1 is 1.23 bits per heavy atom. The first-order valence-corrected chi connectivity index (χ1v) is 8.10. The first kappa shape index (κ1) is 16.6. The molecule has 1 aromatic carbocycles. The van der Waals surface area contributed by atoms with Crippen LogP contribution in [-0.2, 0) is 10.3 Å². The highest BCUT2D eigenvalue weighted by Crippen LogP contribution is 2.56. The highest BCUT2D eigenvalue weighted by molar-refractivity contribution is 5.74. The first-order chi connectivity index (χ1) is 12.5. The maximum atomic E-state index is 15.7. The van der Waals surface area contributed by atoms with E-state index in [0.29, 0.717) is 17.1 Å². The van der Waals surface area contributed by atoms with E-state index in [4.69, 9.17) is 19.9 Å². The largest absolute Gasteiger partial charge is 0.495 e. The molecule has 2 atom stereocenters. The molecule has 0 amide bonds. The number of nitrogens with zero attached hydrogens (tertiary/aromatic N) is 2. The van der Waals surface area contributed by atoms with E-state index in [1.54, 1.807) is 30.3 Å². The van der Waals surface area contributed by atoms with Gasteiger partial charge in [-0.25, -0.2) is 4.99 Å². The molecule has 0 fully saturated rings. The topological polar surface area (TPSA) is 79.0 Å². The average molecular weight is 361 g/mol. The van der Waals surface area contributed by atoms with Crippen molar-refractivity contribution in [2.45, 2.75) is 24.0 Å². The summed E-state index contributed by atoms with van der Waals surface area (Å²) in [6.07, 6.45) is -0.327. The normalized spacial score (nSPS) is 26.3. The van der Waals surface area contributed by atoms with Crippen LogP contribution in [0.15, 0.2) is 47.6 Å². The van der Waals surface area contributed by atoms with E-state index in [9.17, 15) is 0 Å². The Morgan fingerprint density at radius 3 is 2.77 bits per heavy atom. The fourth-order valence-electron chi connectivity index (χ4n) is 3.45. The molecule has 26 heavy (non-hydrogen) atoms. The number of ether oxygens (including phenoxy) is 3. The standard InChI is InChI=1S/C18H17F2N3O3/c1-24-11-6-7-13(22-10-11)15-18(19,20)17(23-16(21)26-15)8-9-25-14-5-3-2-4-12(14)17/h2-7,10,15H,8-9H2,1H3,(H2,21,23)/t15?,17-/m1/s1. The van der Waals surface area contributed by atoms with Crippen LogP contribution in [0.25, 0.3) is 0 Å². The predicted molar refractivity (Wildman–Crippen MR) is 89.4 cm³/mol. The molecule has 1 aromatic heterocycles. The van der Waals surface area contributed by atoms with Gasteiger partial charge < -0.3 is 19.9 Å². The zero-order chi connectivity index (χ0) is 18.4. The van der Waals surface area contributed by atoms with Gasteiger partial charge >= 0.3 is 5.92 Å². The van der Waals surface area contributed by atoms with Crippen molar-refractivity contribution in [2.24, 2.45) is 10.7 Å². The number of hydrogen-bond acceptors (Lipinski definition) is 6. The first-order valence-electron chi connectivity index (χ1n) is 8.10. The zero-order valence-corrected chi connectivity index (χ0v) is 14.0. The molecular formula is C18H17F2N3O3. The van der Waals surface area contributed by atoms with Gasteiger partial charge in [-0.05, 0) is 18.2 Å². The van der Waals surface area contributed by atoms with Gasteiger partial charge in [0.1, 0.15) is 11.5 Å². The molecule has 2 aromatic rings. The lowest BCUT2D eigenvalue weighted by Crippen LogP contribution is -2.56. The lowest BCUT2D eigenvalue weighted by molar-refractivity contribution is -0.179. The lowest BCUT2D eigenvalue weighted by atomic mass is 9.76. The number of fused-ring (bicyclic) bond motifs is 2. The summed E-state index contributed by atoms with van der Waals surface area (Å²) in [5, 5.41) is 0. The summed E-state index contributed by atoms with van der Waals surface area (Å²) >= 11 is 0. The molecule has 6 nitrogen and oxygen atoms in total. The summed E-state index contributed by atoms with van der Waals surface area (Å²) in [7, 11) is 1.47. The number of halogens is 2. The number of amidine groups is 1. The number of alkyl halides is 2. The molecule has 2 N–H and O–H groups in total. The summed E-state index contributed by atoms with van der Waals surface area (Å²) in [5.41, 5.74) is 4.28. The van der Waals surface area contributed by atoms with Crippen LogP contribution in [0, 0.1) is 0 Å². The molecule has 0 radical (unpaired) electrons. The van der Waals surface area contributed by atoms with Crippen molar-refractivity contribution in [2.75, 3.05) is 13.7 Å². The Morgan fingerprint density at radius 2 is 2.04 bits per heavy atom. The molecule has 2 aliphatic heterocycles. The highest BCUT2D eigenvalue weighted by Gasteiger charge is 2.66. The fraction of sp³-hybridized carbons (Fsp3) is 0.333. The van der Waals surface area contributed by atoms with E-state index in [1.807, 2.05) is 0 Å². The highest BCUT2D eigenvalue weighted by atomic mass is 19.3. The minimum atomic E-state index is -3.39. The number of nitrogens with two attached hydrogens (primary N) is 1. The summed E-state index contributed by atoms with van der Waals surface area (Å²) < 4.78 is 47.2. The molecule has 0 aliphatic carbocycles. The van der Waals surface area contributed by atoms with Gasteiger partial charge in [0, 0.05) is 12.0 Å². The van der Waals surface area contributed by atoms with Crippen LogP contribution in [0.5, 0.6) is 11.5 Å². The number of rotatable bonds is 2. The molecule has 1 unspecified atom stereocenters. The minimum Gasteiger partial charge on any atom is -0.495 e. The molecule has 4 rings (SSSR count). The van der Waals surface area contributed by atoms with Crippen LogP contribution in [-0.4, -0.2) is 30.6 Å². The molecule has 136 valence electrons. The van der Waals surface area contributed by atoms with Crippen LogP contribution >= 0.6 is 0 Å². The molecule has 0 saturated carbocycles. The van der Waals surface area contributed by atoms with Crippen molar-refractivity contribution in [1.29, 1.82) is 0 Å². The summed E-state index contributed by atoms with van der Waals surface area (Å²) in [6, 6.07) is 9.33. The van der Waals surface area contributed by atoms with Gasteiger partial charge in [-0.3, -0.25) is 4.98 Å². The van der Waals surface area contributed by atoms with Crippen LogP contribution < -0.4 is 15.2 Å². The van der Waals surface area contributed by atoms with Gasteiger partial charge in [-0.2, -0.15) is 8.78 Å². The van der Waals surface area contributed by atoms with Gasteiger partial charge in [0.2, 0.25) is 6.10 Å². The molecule has 2 aliphatic rings. The zero-order valence-electron chi connectivity index (χ0n) is 14.0. The van der Waals surface area contributed by atoms with Crippen molar-refractivity contribution < 1.29 is 23.0 Å². The number of methoxy groups -OCH3 is 1. The smallest absolute Gasteiger partial charge is 0.319 e.